The second-order valence-electron chi connectivity index (χ2n) is 7.29. The van der Waals surface area contributed by atoms with Gasteiger partial charge in [0.25, 0.3) is 5.56 Å². The Morgan fingerprint density at radius 1 is 1.17 bits per heavy atom. The van der Waals surface area contributed by atoms with E-state index in [2.05, 4.69) is 10.3 Å². The maximum atomic E-state index is 14.2. The number of hydrogen-bond donors (Lipinski definition) is 1. The molecule has 4 rings (SSSR count). The number of carbonyl (C=O) groups is 1. The van der Waals surface area contributed by atoms with Crippen LogP contribution < -0.4 is 16.6 Å². The van der Waals surface area contributed by atoms with Crippen LogP contribution in [0.5, 0.6) is 0 Å². The molecule has 0 aliphatic carbocycles. The number of hydrogen-bond acceptors (Lipinski definition) is 6. The topological polar surface area (TPSA) is 99.1 Å². The number of carbonyl (C=O) groups excluding carboxylic acids is 1. The summed E-state index contributed by atoms with van der Waals surface area (Å²) in [5.41, 5.74) is -3.98. The van der Waals surface area contributed by atoms with Gasteiger partial charge >= 0.3 is 11.9 Å². The van der Waals surface area contributed by atoms with E-state index >= 15 is 0 Å². The first-order chi connectivity index (χ1) is 16.3. The van der Waals surface area contributed by atoms with E-state index in [1.807, 2.05) is 0 Å². The summed E-state index contributed by atoms with van der Waals surface area (Å²) in [5.74, 6) is -4.52. The van der Waals surface area contributed by atoms with Crippen molar-refractivity contribution < 1.29 is 31.2 Å². The minimum Gasteiger partial charge on any atom is -0.427 e. The van der Waals surface area contributed by atoms with E-state index in [1.54, 1.807) is 0 Å². The highest BCUT2D eigenvalue weighted by Crippen LogP contribution is 2.36. The molecule has 1 N–H and O–H groups in total. The van der Waals surface area contributed by atoms with Crippen molar-refractivity contribution in [1.29, 1.82) is 0 Å². The van der Waals surface area contributed by atoms with Crippen LogP contribution in [0.3, 0.4) is 0 Å². The van der Waals surface area contributed by atoms with Crippen molar-refractivity contribution in [2.24, 2.45) is 14.1 Å². The summed E-state index contributed by atoms with van der Waals surface area (Å²) >= 11 is 6.85. The predicted molar refractivity (Wildman–Crippen MR) is 117 cm³/mol. The largest absolute Gasteiger partial charge is 0.427 e. The van der Waals surface area contributed by atoms with Gasteiger partial charge in [-0.15, -0.1) is 11.3 Å². The maximum Gasteiger partial charge on any atom is 0.419 e. The Hall–Kier alpha value is -3.52. The molecule has 0 atom stereocenters. The number of benzene rings is 1. The normalized spacial score (nSPS) is 11.9. The van der Waals surface area contributed by atoms with Gasteiger partial charge in [-0.1, -0.05) is 0 Å². The first-order valence-electron chi connectivity index (χ1n) is 9.49. The highest BCUT2D eigenvalue weighted by Gasteiger charge is 2.36. The molecule has 0 aliphatic rings. The second-order valence-corrected chi connectivity index (χ2v) is 8.49. The van der Waals surface area contributed by atoms with Gasteiger partial charge in [-0.05, 0) is 23.7 Å². The zero-order valence-electron chi connectivity index (χ0n) is 17.6. The average molecular weight is 535 g/mol. The molecular weight excluding hydrogens is 523 g/mol. The lowest BCUT2D eigenvalue weighted by molar-refractivity contribution is -0.140. The molecule has 1 aromatic carbocycles. The van der Waals surface area contributed by atoms with Crippen LogP contribution in [0.25, 0.3) is 22.4 Å². The van der Waals surface area contributed by atoms with Crippen LogP contribution in [0.15, 0.2) is 31.5 Å². The summed E-state index contributed by atoms with van der Waals surface area (Å²) in [6.45, 7) is 0. The van der Waals surface area contributed by atoms with E-state index in [0.29, 0.717) is 6.07 Å². The van der Waals surface area contributed by atoms with Crippen LogP contribution in [0.4, 0.5) is 27.1 Å². The van der Waals surface area contributed by atoms with Crippen LogP contribution in [-0.4, -0.2) is 20.0 Å². The molecule has 3 heterocycles. The number of nitrogens with zero attached hydrogens (tertiary/aromatic N) is 3. The molecule has 0 fully saturated rings. The molecule has 0 bridgehead atoms. The van der Waals surface area contributed by atoms with E-state index in [1.165, 1.54) is 19.5 Å². The van der Waals surface area contributed by atoms with Gasteiger partial charge in [0.1, 0.15) is 5.39 Å². The van der Waals surface area contributed by atoms with Gasteiger partial charge in [0, 0.05) is 30.6 Å². The van der Waals surface area contributed by atoms with Crippen molar-refractivity contribution in [3.8, 4) is 11.3 Å². The lowest BCUT2D eigenvalue weighted by Gasteiger charge is -2.10. The molecular formula is C20H12ClF5N4O4S. The molecule has 8 nitrogen and oxygen atoms in total. The fourth-order valence-electron chi connectivity index (χ4n) is 3.35. The number of fused-ring (bicyclic) bond motifs is 1. The number of anilines is 1. The van der Waals surface area contributed by atoms with Gasteiger partial charge in [-0.25, -0.2) is 18.6 Å². The van der Waals surface area contributed by atoms with Gasteiger partial charge in [-0.3, -0.25) is 18.7 Å². The number of furan rings is 1. The van der Waals surface area contributed by atoms with Gasteiger partial charge in [-0.2, -0.15) is 13.2 Å². The van der Waals surface area contributed by atoms with E-state index < -0.39 is 52.5 Å². The Bertz CT molecular complexity index is 1620. The lowest BCUT2D eigenvalue weighted by Crippen LogP contribution is -2.36. The summed E-state index contributed by atoms with van der Waals surface area (Å²) in [5, 5.41) is 3.17. The molecule has 0 aliphatic heterocycles. The number of rotatable bonds is 4. The van der Waals surface area contributed by atoms with E-state index in [4.69, 9.17) is 16.0 Å². The van der Waals surface area contributed by atoms with Gasteiger partial charge in [0.15, 0.2) is 16.8 Å². The standard InChI is InChI=1S/C20H12ClF5N4O4S/c1-29-16(32)12-8(15(21)34-17(12)30(2)19(29)33)5-11(31)28-18-27-10(6-35-18)7-3-4-9(20(24,25)26)14(23)13(7)22/h3-4,6H,5H2,1-2H3,(H,27,28,31). The van der Waals surface area contributed by atoms with Gasteiger partial charge < -0.3 is 9.73 Å². The SMILES string of the molecule is Cn1c(=O)c2c(CC(=O)Nc3nc(-c4ccc(C(F)(F)F)c(F)c4F)cs3)c(Cl)oc2n(C)c1=O. The average Bonchev–Trinajstić information content (AvgIpc) is 3.36. The number of alkyl halides is 3. The van der Waals surface area contributed by atoms with Crippen LogP contribution >= 0.6 is 22.9 Å². The van der Waals surface area contributed by atoms with Crippen molar-refractivity contribution in [3.05, 3.63) is 66.3 Å². The van der Waals surface area contributed by atoms with Crippen LogP contribution in [-0.2, 0) is 31.5 Å². The van der Waals surface area contributed by atoms with E-state index in [9.17, 15) is 36.3 Å². The minimum atomic E-state index is -5.07. The Morgan fingerprint density at radius 3 is 2.51 bits per heavy atom. The van der Waals surface area contributed by atoms with Gasteiger partial charge in [0.05, 0.1) is 17.7 Å². The molecule has 4 aromatic rings. The Labute approximate surface area is 200 Å². The Balaban J connectivity index is 1.60. The monoisotopic (exact) mass is 534 g/mol. The summed E-state index contributed by atoms with van der Waals surface area (Å²) in [4.78, 5) is 41.1. The lowest BCUT2D eigenvalue weighted by atomic mass is 10.1. The maximum absolute atomic E-state index is 14.2. The molecule has 184 valence electrons. The third-order valence-corrected chi connectivity index (χ3v) is 6.15. The van der Waals surface area contributed by atoms with Crippen molar-refractivity contribution in [3.63, 3.8) is 0 Å². The summed E-state index contributed by atoms with van der Waals surface area (Å²) in [7, 11) is 2.60. The summed E-state index contributed by atoms with van der Waals surface area (Å²) < 4.78 is 73.6. The third kappa shape index (κ3) is 4.23. The number of amides is 1. The highest BCUT2D eigenvalue weighted by molar-refractivity contribution is 7.14. The molecule has 15 heteroatoms. The Morgan fingerprint density at radius 2 is 1.86 bits per heavy atom. The summed E-state index contributed by atoms with van der Waals surface area (Å²) in [6, 6.07) is 1.13. The number of thiazole rings is 1. The second kappa shape index (κ2) is 8.61. The van der Waals surface area contributed by atoms with E-state index in [0.717, 1.165) is 26.5 Å². The van der Waals surface area contributed by atoms with Crippen LogP contribution in [0.2, 0.25) is 5.22 Å². The fraction of sp³-hybridized carbons (Fsp3) is 0.200. The zero-order valence-corrected chi connectivity index (χ0v) is 19.2. The van der Waals surface area contributed by atoms with Crippen LogP contribution in [0, 0.1) is 11.6 Å². The van der Waals surface area contributed by atoms with Crippen molar-refractivity contribution in [2.45, 2.75) is 12.6 Å². The molecule has 0 radical (unpaired) electrons. The number of halogens is 6. The fourth-order valence-corrected chi connectivity index (χ4v) is 4.31. The first-order valence-corrected chi connectivity index (χ1v) is 10.7. The third-order valence-electron chi connectivity index (χ3n) is 5.09. The molecule has 0 spiro atoms. The van der Waals surface area contributed by atoms with Crippen molar-refractivity contribution in [2.75, 3.05) is 5.32 Å². The predicted octanol–water partition coefficient (Wildman–Crippen LogP) is 4.09. The number of aromatic nitrogens is 3. The highest BCUT2D eigenvalue weighted by atomic mass is 35.5. The molecule has 35 heavy (non-hydrogen) atoms. The Kier molecular flexibility index (Phi) is 6.05. The quantitative estimate of drug-likeness (QED) is 0.398. The van der Waals surface area contributed by atoms with E-state index in [-0.39, 0.29) is 32.7 Å². The van der Waals surface area contributed by atoms with Gasteiger partial charge in [0.2, 0.25) is 16.8 Å². The molecule has 3 aromatic heterocycles. The first kappa shape index (κ1) is 24.6. The van der Waals surface area contributed by atoms with Crippen molar-refractivity contribution in [1.82, 2.24) is 14.1 Å². The number of nitrogens with one attached hydrogen (secondary N) is 1. The molecule has 0 unspecified atom stereocenters. The minimum absolute atomic E-state index is 0.0167. The number of aryl methyl sites for hydroxylation is 1. The van der Waals surface area contributed by atoms with Crippen molar-refractivity contribution >= 4 is 45.1 Å². The van der Waals surface area contributed by atoms with Crippen LogP contribution in [0.1, 0.15) is 11.1 Å². The zero-order chi connectivity index (χ0) is 25.8. The summed E-state index contributed by atoms with van der Waals surface area (Å²) in [6.07, 6.45) is -5.53. The smallest absolute Gasteiger partial charge is 0.419 e. The molecule has 0 saturated heterocycles. The molecule has 1 amide bonds. The molecule has 0 saturated carbocycles.